The van der Waals surface area contributed by atoms with Crippen molar-refractivity contribution in [3.63, 3.8) is 0 Å². The molecule has 6 nitrogen and oxygen atoms in total. The van der Waals surface area contributed by atoms with E-state index in [2.05, 4.69) is 20.2 Å². The summed E-state index contributed by atoms with van der Waals surface area (Å²) >= 11 is 6.29. The summed E-state index contributed by atoms with van der Waals surface area (Å²) in [6.07, 6.45) is 1.19. The van der Waals surface area contributed by atoms with Crippen molar-refractivity contribution in [2.45, 2.75) is 32.3 Å². The Balaban J connectivity index is 1.48. The van der Waals surface area contributed by atoms with Crippen LogP contribution in [0.3, 0.4) is 0 Å². The molecule has 1 fully saturated rings. The van der Waals surface area contributed by atoms with E-state index in [1.165, 1.54) is 0 Å². The van der Waals surface area contributed by atoms with E-state index in [0.29, 0.717) is 36.8 Å². The van der Waals surface area contributed by atoms with E-state index in [-0.39, 0.29) is 0 Å². The molecule has 0 unspecified atom stereocenters. The number of hydrogen-bond acceptors (Lipinski definition) is 5. The minimum absolute atomic E-state index is 0.595. The van der Waals surface area contributed by atoms with Crippen molar-refractivity contribution >= 4 is 17.4 Å². The third kappa shape index (κ3) is 3.42. The van der Waals surface area contributed by atoms with Crippen LogP contribution in [0.15, 0.2) is 42.5 Å². The molecule has 140 valence electrons. The van der Waals surface area contributed by atoms with Crippen LogP contribution in [-0.4, -0.2) is 38.2 Å². The SMILES string of the molecule is Cc1cc(C)n(-c2ccc(N3CCC(O)(c4ccccc4Cl)CC3)nn2)n1. The van der Waals surface area contributed by atoms with Crippen LogP contribution in [0.25, 0.3) is 5.82 Å². The van der Waals surface area contributed by atoms with Gasteiger partial charge in [-0.15, -0.1) is 10.2 Å². The minimum Gasteiger partial charge on any atom is -0.385 e. The largest absolute Gasteiger partial charge is 0.385 e. The zero-order chi connectivity index (χ0) is 19.0. The molecular formula is C20H22ClN5O. The molecule has 1 aliphatic rings. The quantitative estimate of drug-likeness (QED) is 0.750. The monoisotopic (exact) mass is 383 g/mol. The second-order valence-electron chi connectivity index (χ2n) is 7.09. The van der Waals surface area contributed by atoms with Gasteiger partial charge < -0.3 is 10.0 Å². The van der Waals surface area contributed by atoms with Gasteiger partial charge in [-0.25, -0.2) is 4.68 Å². The van der Waals surface area contributed by atoms with E-state index in [0.717, 1.165) is 22.8 Å². The van der Waals surface area contributed by atoms with E-state index >= 15 is 0 Å². The molecule has 7 heteroatoms. The lowest BCUT2D eigenvalue weighted by atomic mass is 9.84. The number of nitrogens with zero attached hydrogens (tertiary/aromatic N) is 5. The molecule has 2 aromatic heterocycles. The Morgan fingerprint density at radius 2 is 1.67 bits per heavy atom. The molecule has 0 aliphatic carbocycles. The fourth-order valence-corrected chi connectivity index (χ4v) is 3.99. The van der Waals surface area contributed by atoms with Gasteiger partial charge in [-0.2, -0.15) is 5.10 Å². The van der Waals surface area contributed by atoms with Crippen molar-refractivity contribution in [1.29, 1.82) is 0 Å². The Labute approximate surface area is 163 Å². The molecule has 0 amide bonds. The lowest BCUT2D eigenvalue weighted by molar-refractivity contribution is 0.0117. The summed E-state index contributed by atoms with van der Waals surface area (Å²) in [5, 5.41) is 24.8. The fourth-order valence-electron chi connectivity index (χ4n) is 3.67. The Morgan fingerprint density at radius 1 is 1.00 bits per heavy atom. The maximum atomic E-state index is 11.1. The Hall–Kier alpha value is -2.44. The van der Waals surface area contributed by atoms with Crippen LogP contribution in [0.5, 0.6) is 0 Å². The first-order valence-electron chi connectivity index (χ1n) is 9.06. The van der Waals surface area contributed by atoms with Crippen LogP contribution in [-0.2, 0) is 5.60 Å². The van der Waals surface area contributed by atoms with E-state index in [9.17, 15) is 5.11 Å². The van der Waals surface area contributed by atoms with E-state index in [4.69, 9.17) is 11.6 Å². The van der Waals surface area contributed by atoms with Gasteiger partial charge in [-0.05, 0) is 51.0 Å². The Bertz CT molecular complexity index is 945. The first-order chi connectivity index (χ1) is 13.0. The van der Waals surface area contributed by atoms with E-state index in [1.54, 1.807) is 4.68 Å². The standard InChI is InChI=1S/C20H22ClN5O/c1-14-13-15(2)26(24-14)19-8-7-18(22-23-19)25-11-9-20(27,10-12-25)16-5-3-4-6-17(16)21/h3-8,13,27H,9-12H2,1-2H3. The lowest BCUT2D eigenvalue weighted by Crippen LogP contribution is -2.43. The topological polar surface area (TPSA) is 67.1 Å². The molecule has 1 saturated heterocycles. The summed E-state index contributed by atoms with van der Waals surface area (Å²) in [6.45, 7) is 5.33. The van der Waals surface area contributed by atoms with Crippen molar-refractivity contribution in [2.24, 2.45) is 0 Å². The van der Waals surface area contributed by atoms with Crippen molar-refractivity contribution in [2.75, 3.05) is 18.0 Å². The molecule has 0 bridgehead atoms. The van der Waals surface area contributed by atoms with E-state index in [1.807, 2.05) is 56.3 Å². The first kappa shape index (κ1) is 17.9. The van der Waals surface area contributed by atoms with Gasteiger partial charge in [0.2, 0.25) is 0 Å². The number of aliphatic hydroxyl groups is 1. The maximum Gasteiger partial charge on any atom is 0.176 e. The van der Waals surface area contributed by atoms with Gasteiger partial charge in [0.25, 0.3) is 0 Å². The summed E-state index contributed by atoms with van der Waals surface area (Å²) in [5.41, 5.74) is 1.88. The van der Waals surface area contributed by atoms with Crippen LogP contribution >= 0.6 is 11.6 Å². The van der Waals surface area contributed by atoms with Crippen molar-refractivity contribution in [3.8, 4) is 5.82 Å². The number of aromatic nitrogens is 4. The average Bonchev–Trinajstić information content (AvgIpc) is 3.01. The molecule has 27 heavy (non-hydrogen) atoms. The molecule has 3 aromatic rings. The molecule has 0 saturated carbocycles. The average molecular weight is 384 g/mol. The lowest BCUT2D eigenvalue weighted by Gasteiger charge is -2.39. The predicted octanol–water partition coefficient (Wildman–Crippen LogP) is 3.42. The van der Waals surface area contributed by atoms with Crippen molar-refractivity contribution < 1.29 is 5.11 Å². The van der Waals surface area contributed by atoms with Gasteiger partial charge in [0.1, 0.15) is 0 Å². The molecule has 1 aliphatic heterocycles. The van der Waals surface area contributed by atoms with Gasteiger partial charge >= 0.3 is 0 Å². The molecular weight excluding hydrogens is 362 g/mol. The second kappa shape index (κ2) is 6.94. The maximum absolute atomic E-state index is 11.1. The van der Waals surface area contributed by atoms with Gasteiger partial charge in [-0.3, -0.25) is 0 Å². The molecule has 0 spiro atoms. The number of hydrogen-bond donors (Lipinski definition) is 1. The van der Waals surface area contributed by atoms with Gasteiger partial charge in [0.05, 0.1) is 11.3 Å². The van der Waals surface area contributed by atoms with Crippen LogP contribution < -0.4 is 4.90 Å². The zero-order valence-corrected chi connectivity index (χ0v) is 16.2. The number of aryl methyl sites for hydroxylation is 2. The highest BCUT2D eigenvalue weighted by atomic mass is 35.5. The highest BCUT2D eigenvalue weighted by Gasteiger charge is 2.35. The summed E-state index contributed by atoms with van der Waals surface area (Å²) in [7, 11) is 0. The second-order valence-corrected chi connectivity index (χ2v) is 7.49. The molecule has 0 atom stereocenters. The number of piperidine rings is 1. The third-order valence-electron chi connectivity index (χ3n) is 5.15. The predicted molar refractivity (Wildman–Crippen MR) is 105 cm³/mol. The normalized spacial score (nSPS) is 16.5. The third-order valence-corrected chi connectivity index (χ3v) is 5.48. The number of rotatable bonds is 3. The van der Waals surface area contributed by atoms with Crippen molar-refractivity contribution in [3.05, 3.63) is 64.4 Å². The number of anilines is 1. The smallest absolute Gasteiger partial charge is 0.176 e. The summed E-state index contributed by atoms with van der Waals surface area (Å²) < 4.78 is 1.79. The fraction of sp³-hybridized carbons (Fsp3) is 0.350. The van der Waals surface area contributed by atoms with Crippen LogP contribution in [0.2, 0.25) is 5.02 Å². The molecule has 0 radical (unpaired) electrons. The zero-order valence-electron chi connectivity index (χ0n) is 15.4. The summed E-state index contributed by atoms with van der Waals surface area (Å²) in [4.78, 5) is 2.14. The summed E-state index contributed by atoms with van der Waals surface area (Å²) in [5.74, 6) is 1.51. The molecule has 4 rings (SSSR count). The molecule has 1 N–H and O–H groups in total. The van der Waals surface area contributed by atoms with Gasteiger partial charge in [0.15, 0.2) is 11.6 Å². The first-order valence-corrected chi connectivity index (χ1v) is 9.44. The number of halogens is 1. The molecule has 1 aromatic carbocycles. The highest BCUT2D eigenvalue weighted by molar-refractivity contribution is 6.31. The van der Waals surface area contributed by atoms with Crippen molar-refractivity contribution in [1.82, 2.24) is 20.0 Å². The van der Waals surface area contributed by atoms with Crippen LogP contribution in [0, 0.1) is 13.8 Å². The van der Waals surface area contributed by atoms with Gasteiger partial charge in [-0.1, -0.05) is 29.8 Å². The van der Waals surface area contributed by atoms with Gasteiger partial charge in [0, 0.05) is 29.4 Å². The number of benzene rings is 1. The van der Waals surface area contributed by atoms with E-state index < -0.39 is 5.60 Å². The Kier molecular flexibility index (Phi) is 4.61. The Morgan fingerprint density at radius 3 is 2.26 bits per heavy atom. The summed E-state index contributed by atoms with van der Waals surface area (Å²) in [6, 6.07) is 13.4. The van der Waals surface area contributed by atoms with Crippen LogP contribution in [0.4, 0.5) is 5.82 Å². The highest BCUT2D eigenvalue weighted by Crippen LogP contribution is 2.37. The van der Waals surface area contributed by atoms with Crippen LogP contribution in [0.1, 0.15) is 29.8 Å². The molecule has 3 heterocycles. The minimum atomic E-state index is -0.897.